The van der Waals surface area contributed by atoms with Crippen LogP contribution in [0, 0.1) is 10.1 Å². The van der Waals surface area contributed by atoms with Gasteiger partial charge in [0, 0.05) is 29.5 Å². The average Bonchev–Trinajstić information content (AvgIpc) is 2.35. The van der Waals surface area contributed by atoms with Crippen LogP contribution in [0.15, 0.2) is 30.6 Å². The minimum atomic E-state index is -2.49. The van der Waals surface area contributed by atoms with E-state index in [1.807, 2.05) is 0 Å². The van der Waals surface area contributed by atoms with Crippen molar-refractivity contribution in [2.24, 2.45) is 0 Å². The van der Waals surface area contributed by atoms with Crippen LogP contribution in [-0.4, -0.2) is 22.9 Å². The van der Waals surface area contributed by atoms with Gasteiger partial charge in [-0.05, 0) is 12.1 Å². The summed E-state index contributed by atoms with van der Waals surface area (Å²) in [5.41, 5.74) is 0.332. The molecule has 0 saturated carbocycles. The minimum Gasteiger partial charge on any atom is -0.379 e. The van der Waals surface area contributed by atoms with Crippen molar-refractivity contribution in [2.45, 2.75) is 6.43 Å². The highest BCUT2D eigenvalue weighted by Crippen LogP contribution is 2.30. The number of hydrogen-bond acceptors (Lipinski definition) is 4. The number of alkyl halides is 2. The SMILES string of the molecule is O=[N+]([O-])c1ccc(NCC(F)F)c2cnccc12. The van der Waals surface area contributed by atoms with Gasteiger partial charge in [-0.15, -0.1) is 0 Å². The van der Waals surface area contributed by atoms with E-state index in [4.69, 9.17) is 0 Å². The van der Waals surface area contributed by atoms with Gasteiger partial charge >= 0.3 is 0 Å². The summed E-state index contributed by atoms with van der Waals surface area (Å²) in [5, 5.41) is 14.2. The van der Waals surface area contributed by atoms with E-state index < -0.39 is 17.9 Å². The fraction of sp³-hybridized carbons (Fsp3) is 0.182. The highest BCUT2D eigenvalue weighted by atomic mass is 19.3. The van der Waals surface area contributed by atoms with Crippen LogP contribution in [0.4, 0.5) is 20.2 Å². The van der Waals surface area contributed by atoms with E-state index in [1.54, 1.807) is 0 Å². The monoisotopic (exact) mass is 253 g/mol. The summed E-state index contributed by atoms with van der Waals surface area (Å²) < 4.78 is 24.3. The molecule has 0 unspecified atom stereocenters. The van der Waals surface area contributed by atoms with E-state index in [1.165, 1.54) is 30.6 Å². The summed E-state index contributed by atoms with van der Waals surface area (Å²) in [6.45, 7) is -0.512. The molecular weight excluding hydrogens is 244 g/mol. The number of fused-ring (bicyclic) bond motifs is 1. The quantitative estimate of drug-likeness (QED) is 0.672. The number of rotatable bonds is 4. The van der Waals surface area contributed by atoms with Gasteiger partial charge in [0.1, 0.15) is 0 Å². The van der Waals surface area contributed by atoms with Gasteiger partial charge < -0.3 is 5.32 Å². The first-order chi connectivity index (χ1) is 8.59. The van der Waals surface area contributed by atoms with Crippen LogP contribution in [-0.2, 0) is 0 Å². The van der Waals surface area contributed by atoms with Gasteiger partial charge in [0.05, 0.1) is 16.9 Å². The fourth-order valence-electron chi connectivity index (χ4n) is 1.67. The third kappa shape index (κ3) is 2.34. The van der Waals surface area contributed by atoms with Crippen LogP contribution in [0.2, 0.25) is 0 Å². The van der Waals surface area contributed by atoms with Crippen molar-refractivity contribution in [3.8, 4) is 0 Å². The van der Waals surface area contributed by atoms with Crippen LogP contribution < -0.4 is 5.32 Å². The maximum absolute atomic E-state index is 12.1. The predicted molar refractivity (Wildman–Crippen MR) is 62.9 cm³/mol. The summed E-state index contributed by atoms with van der Waals surface area (Å²) >= 11 is 0. The van der Waals surface area contributed by atoms with Crippen LogP contribution in [0.3, 0.4) is 0 Å². The van der Waals surface area contributed by atoms with Crippen molar-refractivity contribution < 1.29 is 13.7 Å². The standard InChI is InChI=1S/C11H9F2N3O2/c12-11(13)6-15-9-1-2-10(16(17)18)7-3-4-14-5-8(7)9/h1-5,11,15H,6H2. The Morgan fingerprint density at radius 1 is 1.33 bits per heavy atom. The van der Waals surface area contributed by atoms with Gasteiger partial charge in [-0.3, -0.25) is 15.1 Å². The number of nitrogens with zero attached hydrogens (tertiary/aromatic N) is 2. The second kappa shape index (κ2) is 4.91. The number of nitro benzene ring substituents is 1. The normalized spacial score (nSPS) is 10.8. The molecule has 1 N–H and O–H groups in total. The molecule has 0 fully saturated rings. The van der Waals surface area contributed by atoms with Gasteiger partial charge in [-0.25, -0.2) is 8.78 Å². The number of nitrogens with one attached hydrogen (secondary N) is 1. The van der Waals surface area contributed by atoms with Crippen molar-refractivity contribution in [3.05, 3.63) is 40.7 Å². The zero-order valence-electron chi connectivity index (χ0n) is 9.14. The predicted octanol–water partition coefficient (Wildman–Crippen LogP) is 2.82. The number of benzene rings is 1. The molecule has 1 aromatic heterocycles. The summed E-state index contributed by atoms with van der Waals surface area (Å²) in [7, 11) is 0. The molecule has 0 saturated heterocycles. The number of nitro groups is 1. The Morgan fingerprint density at radius 2 is 2.11 bits per heavy atom. The Hall–Kier alpha value is -2.31. The van der Waals surface area contributed by atoms with Crippen molar-refractivity contribution >= 4 is 22.1 Å². The van der Waals surface area contributed by atoms with Crippen LogP contribution >= 0.6 is 0 Å². The van der Waals surface area contributed by atoms with Gasteiger partial charge in [-0.1, -0.05) is 0 Å². The first kappa shape index (κ1) is 12.2. The summed E-state index contributed by atoms with van der Waals surface area (Å²) in [5.74, 6) is 0. The lowest BCUT2D eigenvalue weighted by Crippen LogP contribution is -2.10. The average molecular weight is 253 g/mol. The first-order valence-electron chi connectivity index (χ1n) is 5.12. The molecule has 1 heterocycles. The number of aromatic nitrogens is 1. The summed E-state index contributed by atoms with van der Waals surface area (Å²) in [6.07, 6.45) is 0.342. The molecule has 0 amide bonds. The lowest BCUT2D eigenvalue weighted by atomic mass is 10.1. The maximum Gasteiger partial charge on any atom is 0.277 e. The highest BCUT2D eigenvalue weighted by molar-refractivity contribution is 5.99. The van der Waals surface area contributed by atoms with E-state index in [0.29, 0.717) is 16.5 Å². The molecule has 18 heavy (non-hydrogen) atoms. The Morgan fingerprint density at radius 3 is 2.78 bits per heavy atom. The Bertz CT molecular complexity index is 590. The number of non-ortho nitro benzene ring substituents is 1. The minimum absolute atomic E-state index is 0.0741. The number of hydrogen-bond donors (Lipinski definition) is 1. The fourth-order valence-corrected chi connectivity index (χ4v) is 1.67. The number of anilines is 1. The van der Waals surface area contributed by atoms with Gasteiger partial charge in [0.2, 0.25) is 0 Å². The molecule has 0 aliphatic rings. The largest absolute Gasteiger partial charge is 0.379 e. The second-order valence-corrected chi connectivity index (χ2v) is 3.58. The molecule has 1 aromatic carbocycles. The Labute approximate surface area is 101 Å². The Balaban J connectivity index is 2.50. The van der Waals surface area contributed by atoms with E-state index >= 15 is 0 Å². The van der Waals surface area contributed by atoms with Crippen LogP contribution in [0.25, 0.3) is 10.8 Å². The second-order valence-electron chi connectivity index (χ2n) is 3.58. The molecule has 0 spiro atoms. The van der Waals surface area contributed by atoms with E-state index in [2.05, 4.69) is 10.3 Å². The molecular formula is C11H9F2N3O2. The zero-order valence-corrected chi connectivity index (χ0v) is 9.14. The summed E-state index contributed by atoms with van der Waals surface area (Å²) in [6, 6.07) is 4.18. The molecule has 0 aliphatic heterocycles. The molecule has 0 aliphatic carbocycles. The Kier molecular flexibility index (Phi) is 3.31. The highest BCUT2D eigenvalue weighted by Gasteiger charge is 2.14. The zero-order chi connectivity index (χ0) is 13.1. The van der Waals surface area contributed by atoms with Crippen molar-refractivity contribution in [1.82, 2.24) is 4.98 Å². The van der Waals surface area contributed by atoms with Crippen molar-refractivity contribution in [2.75, 3.05) is 11.9 Å². The van der Waals surface area contributed by atoms with Crippen LogP contribution in [0.1, 0.15) is 0 Å². The third-order valence-corrected chi connectivity index (χ3v) is 2.44. The van der Waals surface area contributed by atoms with Crippen molar-refractivity contribution in [3.63, 3.8) is 0 Å². The molecule has 0 bridgehead atoms. The number of halogens is 2. The molecule has 5 nitrogen and oxygen atoms in total. The lowest BCUT2D eigenvalue weighted by molar-refractivity contribution is -0.383. The molecule has 2 rings (SSSR count). The topological polar surface area (TPSA) is 68.1 Å². The van der Waals surface area contributed by atoms with Crippen molar-refractivity contribution in [1.29, 1.82) is 0 Å². The van der Waals surface area contributed by atoms with E-state index in [-0.39, 0.29) is 5.69 Å². The number of pyridine rings is 1. The molecule has 7 heteroatoms. The molecule has 0 radical (unpaired) electrons. The smallest absolute Gasteiger partial charge is 0.277 e. The van der Waals surface area contributed by atoms with E-state index in [0.717, 1.165) is 0 Å². The van der Waals surface area contributed by atoms with E-state index in [9.17, 15) is 18.9 Å². The first-order valence-corrected chi connectivity index (χ1v) is 5.12. The molecule has 2 aromatic rings. The van der Waals surface area contributed by atoms with Gasteiger partial charge in [0.15, 0.2) is 0 Å². The van der Waals surface area contributed by atoms with Gasteiger partial charge in [0.25, 0.3) is 12.1 Å². The van der Waals surface area contributed by atoms with Gasteiger partial charge in [-0.2, -0.15) is 0 Å². The van der Waals surface area contributed by atoms with Crippen LogP contribution in [0.5, 0.6) is 0 Å². The summed E-state index contributed by atoms with van der Waals surface area (Å²) in [4.78, 5) is 14.2. The molecule has 94 valence electrons. The molecule has 0 atom stereocenters. The third-order valence-electron chi connectivity index (χ3n) is 2.44. The maximum atomic E-state index is 12.1. The lowest BCUT2D eigenvalue weighted by Gasteiger charge is -2.09.